The quantitative estimate of drug-likeness (QED) is 0.623. The van der Waals surface area contributed by atoms with Crippen molar-refractivity contribution in [1.29, 1.82) is 0 Å². The third-order valence-electron chi connectivity index (χ3n) is 4.76. The zero-order chi connectivity index (χ0) is 18.7. The fraction of sp³-hybridized carbons (Fsp3) is 0.632. The molecule has 142 valence electrons. The Labute approximate surface area is 160 Å². The van der Waals surface area contributed by atoms with Gasteiger partial charge in [0.05, 0.1) is 17.9 Å². The van der Waals surface area contributed by atoms with Crippen LogP contribution in [-0.4, -0.2) is 33.3 Å². The Balaban J connectivity index is 1.65. The first-order valence-electron chi connectivity index (χ1n) is 9.51. The molecule has 0 saturated carbocycles. The topological polar surface area (TPSA) is 67.1 Å². The number of aliphatic imine (C=N–C) groups is 1. The molecule has 0 aliphatic heterocycles. The summed E-state index contributed by atoms with van der Waals surface area (Å²) in [5, 5.41) is 12.8. The lowest BCUT2D eigenvalue weighted by Crippen LogP contribution is -2.45. The van der Waals surface area contributed by atoms with Crippen LogP contribution in [0, 0.1) is 13.8 Å². The zero-order valence-corrected chi connectivity index (χ0v) is 17.3. The number of fused-ring (bicyclic) bond motifs is 1. The first kappa shape index (κ1) is 18.9. The maximum atomic E-state index is 4.77. The van der Waals surface area contributed by atoms with Crippen LogP contribution < -0.4 is 10.6 Å². The highest BCUT2D eigenvalue weighted by Gasteiger charge is 2.23. The van der Waals surface area contributed by atoms with Crippen LogP contribution in [0.25, 0.3) is 0 Å². The second-order valence-electron chi connectivity index (χ2n) is 7.20. The van der Waals surface area contributed by atoms with E-state index in [1.807, 2.05) is 0 Å². The first-order chi connectivity index (χ1) is 12.5. The number of aryl methyl sites for hydroxylation is 3. The predicted octanol–water partition coefficient (Wildman–Crippen LogP) is 3.15. The summed E-state index contributed by atoms with van der Waals surface area (Å²) < 4.78 is 2.08. The van der Waals surface area contributed by atoms with E-state index < -0.39 is 0 Å². The van der Waals surface area contributed by atoms with Crippen molar-refractivity contribution in [2.75, 3.05) is 6.54 Å². The average Bonchev–Trinajstić information content (AvgIpc) is 3.16. The molecule has 0 aromatic carbocycles. The van der Waals surface area contributed by atoms with E-state index in [0.717, 1.165) is 42.5 Å². The molecule has 0 amide bonds. The summed E-state index contributed by atoms with van der Waals surface area (Å²) in [7, 11) is 0. The molecule has 2 N–H and O–H groups in total. The molecule has 0 bridgehead atoms. The van der Waals surface area contributed by atoms with E-state index in [1.165, 1.54) is 16.1 Å². The highest BCUT2D eigenvalue weighted by molar-refractivity contribution is 7.11. The monoisotopic (exact) mass is 374 g/mol. The van der Waals surface area contributed by atoms with Gasteiger partial charge in [-0.3, -0.25) is 4.68 Å². The van der Waals surface area contributed by atoms with Gasteiger partial charge in [0.1, 0.15) is 5.01 Å². The van der Waals surface area contributed by atoms with Crippen molar-refractivity contribution in [2.45, 2.75) is 72.5 Å². The lowest BCUT2D eigenvalue weighted by Gasteiger charge is -2.24. The fourth-order valence-electron chi connectivity index (χ4n) is 3.17. The molecule has 2 heterocycles. The Morgan fingerprint density at radius 2 is 2.23 bits per heavy atom. The van der Waals surface area contributed by atoms with E-state index >= 15 is 0 Å². The number of hydrogen-bond donors (Lipinski definition) is 2. The molecule has 7 heteroatoms. The average molecular weight is 375 g/mol. The van der Waals surface area contributed by atoms with Gasteiger partial charge in [-0.2, -0.15) is 5.10 Å². The molecule has 1 atom stereocenters. The second-order valence-corrected chi connectivity index (χ2v) is 8.49. The standard InChI is InChI=1S/C19H30N6S/c1-6-20-19(21-10-18-22-13(4)14(5)26-18)23-16-8-7-15-11-25(12(2)3)24-17(15)9-16/h11-12,16H,6-10H2,1-5H3,(H2,20,21,23). The lowest BCUT2D eigenvalue weighted by molar-refractivity contribution is 0.499. The Kier molecular flexibility index (Phi) is 5.96. The number of nitrogens with zero attached hydrogens (tertiary/aromatic N) is 4. The molecule has 0 saturated heterocycles. The van der Waals surface area contributed by atoms with E-state index in [2.05, 4.69) is 61.1 Å². The number of rotatable bonds is 5. The summed E-state index contributed by atoms with van der Waals surface area (Å²) >= 11 is 1.73. The molecular formula is C19H30N6S. The first-order valence-corrected chi connectivity index (χ1v) is 10.3. The largest absolute Gasteiger partial charge is 0.357 e. The molecule has 26 heavy (non-hydrogen) atoms. The number of thiazole rings is 1. The fourth-order valence-corrected chi connectivity index (χ4v) is 4.03. The molecular weight excluding hydrogens is 344 g/mol. The second kappa shape index (κ2) is 8.20. The Hall–Kier alpha value is -1.89. The van der Waals surface area contributed by atoms with Crippen LogP contribution in [0.2, 0.25) is 0 Å². The van der Waals surface area contributed by atoms with Crippen LogP contribution in [0.1, 0.15) is 60.1 Å². The minimum absolute atomic E-state index is 0.371. The van der Waals surface area contributed by atoms with Crippen LogP contribution in [-0.2, 0) is 19.4 Å². The van der Waals surface area contributed by atoms with E-state index in [9.17, 15) is 0 Å². The highest BCUT2D eigenvalue weighted by atomic mass is 32.1. The van der Waals surface area contributed by atoms with Gasteiger partial charge in [0, 0.05) is 36.1 Å². The maximum absolute atomic E-state index is 4.77. The van der Waals surface area contributed by atoms with Gasteiger partial charge in [-0.05, 0) is 53.0 Å². The van der Waals surface area contributed by atoms with Crippen molar-refractivity contribution in [3.63, 3.8) is 0 Å². The minimum Gasteiger partial charge on any atom is -0.357 e. The molecule has 2 aromatic rings. The summed E-state index contributed by atoms with van der Waals surface area (Å²) in [4.78, 5) is 10.6. The van der Waals surface area contributed by atoms with Gasteiger partial charge < -0.3 is 10.6 Å². The van der Waals surface area contributed by atoms with E-state index in [1.54, 1.807) is 11.3 Å². The Bertz CT molecular complexity index is 754. The van der Waals surface area contributed by atoms with Gasteiger partial charge in [0.25, 0.3) is 0 Å². The van der Waals surface area contributed by atoms with Gasteiger partial charge >= 0.3 is 0 Å². The molecule has 3 rings (SSSR count). The summed E-state index contributed by atoms with van der Waals surface area (Å²) in [6, 6.07) is 0.784. The van der Waals surface area contributed by atoms with Gasteiger partial charge in [-0.1, -0.05) is 0 Å². The summed E-state index contributed by atoms with van der Waals surface area (Å²) in [6.07, 6.45) is 5.35. The molecule has 1 aliphatic carbocycles. The summed E-state index contributed by atoms with van der Waals surface area (Å²) in [5.41, 5.74) is 3.73. The minimum atomic E-state index is 0.371. The Morgan fingerprint density at radius 1 is 1.42 bits per heavy atom. The summed E-state index contributed by atoms with van der Waals surface area (Å²) in [6.45, 7) is 12.1. The zero-order valence-electron chi connectivity index (χ0n) is 16.5. The van der Waals surface area contributed by atoms with Gasteiger partial charge in [-0.15, -0.1) is 11.3 Å². The molecule has 0 radical (unpaired) electrons. The molecule has 1 unspecified atom stereocenters. The van der Waals surface area contributed by atoms with Crippen LogP contribution in [0.3, 0.4) is 0 Å². The SMILES string of the molecule is CCNC(=NCc1nc(C)c(C)s1)NC1CCc2cn(C(C)C)nc2C1. The van der Waals surface area contributed by atoms with E-state index in [4.69, 9.17) is 10.1 Å². The number of guanidine groups is 1. The van der Waals surface area contributed by atoms with Crippen LogP contribution >= 0.6 is 11.3 Å². The molecule has 6 nitrogen and oxygen atoms in total. The van der Waals surface area contributed by atoms with Crippen molar-refractivity contribution in [1.82, 2.24) is 25.4 Å². The van der Waals surface area contributed by atoms with Gasteiger partial charge in [0.2, 0.25) is 0 Å². The van der Waals surface area contributed by atoms with Crippen LogP contribution in [0.15, 0.2) is 11.2 Å². The number of nitrogens with one attached hydrogen (secondary N) is 2. The molecule has 1 aliphatic rings. The van der Waals surface area contributed by atoms with Crippen LogP contribution in [0.5, 0.6) is 0 Å². The van der Waals surface area contributed by atoms with Gasteiger partial charge in [0.15, 0.2) is 5.96 Å². The summed E-state index contributed by atoms with van der Waals surface area (Å²) in [5.74, 6) is 0.870. The third kappa shape index (κ3) is 4.44. The third-order valence-corrected chi connectivity index (χ3v) is 5.81. The molecule has 2 aromatic heterocycles. The normalized spacial score (nSPS) is 17.5. The number of hydrogen-bond acceptors (Lipinski definition) is 4. The highest BCUT2D eigenvalue weighted by Crippen LogP contribution is 2.22. The van der Waals surface area contributed by atoms with Crippen molar-refractivity contribution < 1.29 is 0 Å². The van der Waals surface area contributed by atoms with E-state index in [0.29, 0.717) is 18.6 Å². The maximum Gasteiger partial charge on any atom is 0.191 e. The van der Waals surface area contributed by atoms with Crippen molar-refractivity contribution in [2.24, 2.45) is 4.99 Å². The van der Waals surface area contributed by atoms with Crippen molar-refractivity contribution in [3.8, 4) is 0 Å². The van der Waals surface area contributed by atoms with Crippen LogP contribution in [0.4, 0.5) is 0 Å². The molecule has 0 fully saturated rings. The smallest absolute Gasteiger partial charge is 0.191 e. The predicted molar refractivity (Wildman–Crippen MR) is 108 cm³/mol. The van der Waals surface area contributed by atoms with Crippen molar-refractivity contribution in [3.05, 3.63) is 33.0 Å². The van der Waals surface area contributed by atoms with E-state index in [-0.39, 0.29) is 0 Å². The lowest BCUT2D eigenvalue weighted by atomic mass is 9.94. The van der Waals surface area contributed by atoms with Crippen molar-refractivity contribution >= 4 is 17.3 Å². The molecule has 0 spiro atoms. The number of aromatic nitrogens is 3. The Morgan fingerprint density at radius 3 is 2.88 bits per heavy atom. The van der Waals surface area contributed by atoms with Gasteiger partial charge in [-0.25, -0.2) is 9.98 Å².